The number of benzene rings is 1. The first-order valence-electron chi connectivity index (χ1n) is 12.2. The van der Waals surface area contributed by atoms with Crippen LogP contribution in [0.2, 0.25) is 0 Å². The number of carbonyl (C=O) groups excluding carboxylic acids is 1. The van der Waals surface area contributed by atoms with E-state index in [1.54, 1.807) is 18.4 Å². The number of rotatable bonds is 9. The molecule has 2 N–H and O–H groups in total. The standard InChI is InChI=1S/C26H32N8O2/c1-3-20-17-22(33-14-12-32(2)13-15-33)7-8-23(20)30-25-29-19-21(18-27)24(31-25)28-9-6-11-34-10-4-5-16-36-26(34)35/h4-5,7-8,10,16-17,19H,3,6,9,11-15H2,1-2H3,(H2,28,29,30,31). The Morgan fingerprint density at radius 3 is 2.81 bits per heavy atom. The molecule has 2 aromatic rings. The lowest BCUT2D eigenvalue weighted by molar-refractivity contribution is 0.155. The van der Waals surface area contributed by atoms with Crippen molar-refractivity contribution >= 4 is 29.2 Å². The Labute approximate surface area is 211 Å². The van der Waals surface area contributed by atoms with Gasteiger partial charge in [0, 0.05) is 56.8 Å². The van der Waals surface area contributed by atoms with E-state index in [1.165, 1.54) is 28.6 Å². The maximum Gasteiger partial charge on any atom is 0.418 e. The number of hydrogen-bond donors (Lipinski definition) is 2. The number of cyclic esters (lactones) is 1. The molecule has 1 aromatic heterocycles. The second-order valence-electron chi connectivity index (χ2n) is 8.71. The fourth-order valence-electron chi connectivity index (χ4n) is 4.08. The summed E-state index contributed by atoms with van der Waals surface area (Å²) in [5.74, 6) is 0.876. The molecule has 0 saturated carbocycles. The van der Waals surface area contributed by atoms with Crippen LogP contribution in [-0.4, -0.2) is 72.2 Å². The van der Waals surface area contributed by atoms with Gasteiger partial charge in [0.1, 0.15) is 17.5 Å². The third kappa shape index (κ3) is 6.31. The van der Waals surface area contributed by atoms with E-state index in [4.69, 9.17) is 4.74 Å². The molecule has 2 aliphatic rings. The number of likely N-dealkylation sites (N-methyl/N-ethyl adjacent to an activating group) is 1. The minimum Gasteiger partial charge on any atom is -0.418 e. The summed E-state index contributed by atoms with van der Waals surface area (Å²) in [5, 5.41) is 16.0. The molecule has 10 nitrogen and oxygen atoms in total. The predicted octanol–water partition coefficient (Wildman–Crippen LogP) is 3.69. The Bertz CT molecular complexity index is 1170. The number of hydrogen-bond acceptors (Lipinski definition) is 9. The fraction of sp³-hybridized carbons (Fsp3) is 0.385. The van der Waals surface area contributed by atoms with Crippen molar-refractivity contribution in [2.45, 2.75) is 19.8 Å². The molecule has 0 unspecified atom stereocenters. The highest BCUT2D eigenvalue weighted by Gasteiger charge is 2.16. The van der Waals surface area contributed by atoms with Crippen LogP contribution in [0.4, 0.5) is 27.9 Å². The van der Waals surface area contributed by atoms with E-state index in [-0.39, 0.29) is 0 Å². The zero-order valence-electron chi connectivity index (χ0n) is 20.8. The molecule has 0 spiro atoms. The molecular weight excluding hydrogens is 456 g/mol. The average Bonchev–Trinajstić information content (AvgIpc) is 3.11. The zero-order valence-corrected chi connectivity index (χ0v) is 20.8. The highest BCUT2D eigenvalue weighted by atomic mass is 16.5. The van der Waals surface area contributed by atoms with Crippen LogP contribution >= 0.6 is 0 Å². The molecule has 1 aromatic carbocycles. The van der Waals surface area contributed by atoms with Crippen molar-refractivity contribution in [2.75, 3.05) is 61.8 Å². The molecule has 0 aliphatic carbocycles. The van der Waals surface area contributed by atoms with Crippen LogP contribution in [0.15, 0.2) is 49.0 Å². The summed E-state index contributed by atoms with van der Waals surface area (Å²) >= 11 is 0. The van der Waals surface area contributed by atoms with Crippen LogP contribution in [0.25, 0.3) is 0 Å². The first-order valence-corrected chi connectivity index (χ1v) is 12.2. The number of nitrogens with zero attached hydrogens (tertiary/aromatic N) is 6. The summed E-state index contributed by atoms with van der Waals surface area (Å²) < 4.78 is 4.95. The van der Waals surface area contributed by atoms with Crippen molar-refractivity contribution in [3.05, 3.63) is 60.1 Å². The molecule has 1 amide bonds. The first kappa shape index (κ1) is 25.0. The number of allylic oxidation sites excluding steroid dienone is 2. The van der Waals surface area contributed by atoms with E-state index in [0.29, 0.717) is 36.8 Å². The van der Waals surface area contributed by atoms with Gasteiger partial charge < -0.3 is 25.2 Å². The summed E-state index contributed by atoms with van der Waals surface area (Å²) in [6.07, 6.45) is 9.05. The third-order valence-electron chi connectivity index (χ3n) is 6.22. The van der Waals surface area contributed by atoms with Gasteiger partial charge in [-0.15, -0.1) is 0 Å². The van der Waals surface area contributed by atoms with Gasteiger partial charge in [0.15, 0.2) is 0 Å². The van der Waals surface area contributed by atoms with Gasteiger partial charge in [-0.2, -0.15) is 10.2 Å². The van der Waals surface area contributed by atoms with E-state index in [1.807, 2.05) is 0 Å². The maximum absolute atomic E-state index is 11.9. The zero-order chi connectivity index (χ0) is 25.3. The Morgan fingerprint density at radius 2 is 2.03 bits per heavy atom. The Hall–Kier alpha value is -4.10. The van der Waals surface area contributed by atoms with Gasteiger partial charge in [-0.3, -0.25) is 4.90 Å². The molecule has 36 heavy (non-hydrogen) atoms. The van der Waals surface area contributed by atoms with Gasteiger partial charge in [0.25, 0.3) is 0 Å². The number of aromatic nitrogens is 2. The number of piperazine rings is 1. The van der Waals surface area contributed by atoms with Crippen molar-refractivity contribution in [1.82, 2.24) is 19.8 Å². The summed E-state index contributed by atoms with van der Waals surface area (Å²) in [6.45, 7) is 7.29. The van der Waals surface area contributed by atoms with Crippen molar-refractivity contribution in [1.29, 1.82) is 5.26 Å². The van der Waals surface area contributed by atoms with Crippen LogP contribution < -0.4 is 15.5 Å². The average molecular weight is 489 g/mol. The summed E-state index contributed by atoms with van der Waals surface area (Å²) in [5.41, 5.74) is 3.72. The van der Waals surface area contributed by atoms with Crippen LogP contribution in [0, 0.1) is 11.3 Å². The second-order valence-corrected chi connectivity index (χ2v) is 8.71. The largest absolute Gasteiger partial charge is 0.418 e. The van der Waals surface area contributed by atoms with E-state index in [0.717, 1.165) is 38.3 Å². The molecule has 188 valence electrons. The number of nitriles is 1. The Balaban J connectivity index is 1.39. The van der Waals surface area contributed by atoms with E-state index >= 15 is 0 Å². The Kier molecular flexibility index (Phi) is 8.36. The number of aryl methyl sites for hydroxylation is 1. The van der Waals surface area contributed by atoms with Crippen LogP contribution in [0.3, 0.4) is 0 Å². The fourth-order valence-corrected chi connectivity index (χ4v) is 4.08. The molecule has 0 atom stereocenters. The summed E-state index contributed by atoms with van der Waals surface area (Å²) in [7, 11) is 2.16. The van der Waals surface area contributed by atoms with Gasteiger partial charge in [0.05, 0.1) is 12.5 Å². The van der Waals surface area contributed by atoms with E-state index in [9.17, 15) is 10.1 Å². The van der Waals surface area contributed by atoms with Gasteiger partial charge in [-0.25, -0.2) is 9.78 Å². The number of nitrogens with one attached hydrogen (secondary N) is 2. The SMILES string of the molecule is CCc1cc(N2CCN(C)CC2)ccc1Nc1ncc(C#N)c(NCCCN2C=CC=COC2=O)n1. The quantitative estimate of drug-likeness (QED) is 0.511. The van der Waals surface area contributed by atoms with Gasteiger partial charge in [-0.1, -0.05) is 6.92 Å². The van der Waals surface area contributed by atoms with Gasteiger partial charge in [0.2, 0.25) is 5.95 Å². The number of ether oxygens (including phenoxy) is 1. The van der Waals surface area contributed by atoms with Crippen molar-refractivity contribution in [3.63, 3.8) is 0 Å². The molecule has 2 aliphatic heterocycles. The highest BCUT2D eigenvalue weighted by Crippen LogP contribution is 2.27. The second kappa shape index (κ2) is 12.0. The lowest BCUT2D eigenvalue weighted by Crippen LogP contribution is -2.44. The normalized spacial score (nSPS) is 15.9. The predicted molar refractivity (Wildman–Crippen MR) is 140 cm³/mol. The molecular formula is C26H32N8O2. The molecule has 1 fully saturated rings. The lowest BCUT2D eigenvalue weighted by atomic mass is 10.1. The number of anilines is 4. The summed E-state index contributed by atoms with van der Waals surface area (Å²) in [6, 6.07) is 8.57. The molecule has 0 bridgehead atoms. The molecule has 0 radical (unpaired) electrons. The first-order chi connectivity index (χ1) is 17.6. The minimum absolute atomic E-state index is 0.361. The maximum atomic E-state index is 11.9. The van der Waals surface area contributed by atoms with E-state index in [2.05, 4.69) is 68.6 Å². The Morgan fingerprint density at radius 1 is 1.19 bits per heavy atom. The van der Waals surface area contributed by atoms with Gasteiger partial charge >= 0.3 is 6.09 Å². The molecule has 3 heterocycles. The van der Waals surface area contributed by atoms with Gasteiger partial charge in [-0.05, 0) is 55.8 Å². The topological polar surface area (TPSA) is 110 Å². The van der Waals surface area contributed by atoms with Crippen LogP contribution in [0.1, 0.15) is 24.5 Å². The number of carbonyl (C=O) groups is 1. The van der Waals surface area contributed by atoms with Crippen molar-refractivity contribution in [2.24, 2.45) is 0 Å². The molecule has 1 saturated heterocycles. The smallest absolute Gasteiger partial charge is 0.418 e. The highest BCUT2D eigenvalue weighted by molar-refractivity contribution is 5.70. The van der Waals surface area contributed by atoms with Crippen LogP contribution in [-0.2, 0) is 11.2 Å². The third-order valence-corrected chi connectivity index (χ3v) is 6.22. The van der Waals surface area contributed by atoms with Crippen molar-refractivity contribution < 1.29 is 9.53 Å². The van der Waals surface area contributed by atoms with E-state index < -0.39 is 6.09 Å². The van der Waals surface area contributed by atoms with Crippen molar-refractivity contribution in [3.8, 4) is 6.07 Å². The summed E-state index contributed by atoms with van der Waals surface area (Å²) in [4.78, 5) is 27.0. The monoisotopic (exact) mass is 488 g/mol. The van der Waals surface area contributed by atoms with Crippen LogP contribution in [0.5, 0.6) is 0 Å². The molecule has 10 heteroatoms. The molecule has 4 rings (SSSR count). The number of amides is 1. The lowest BCUT2D eigenvalue weighted by Gasteiger charge is -2.34. The minimum atomic E-state index is -0.420.